The van der Waals surface area contributed by atoms with Gasteiger partial charge in [0.1, 0.15) is 11.9 Å². The summed E-state index contributed by atoms with van der Waals surface area (Å²) in [4.78, 5) is 26.5. The van der Waals surface area contributed by atoms with Gasteiger partial charge in [-0.1, -0.05) is 25.1 Å². The van der Waals surface area contributed by atoms with Gasteiger partial charge in [0, 0.05) is 19.5 Å². The van der Waals surface area contributed by atoms with Gasteiger partial charge in [-0.3, -0.25) is 9.59 Å². The Morgan fingerprint density at radius 2 is 1.79 bits per heavy atom. The predicted molar refractivity (Wildman–Crippen MR) is 101 cm³/mol. The fourth-order valence-electron chi connectivity index (χ4n) is 2.96. The standard InChI is InChI=1S/C21H23FN2O4/c1-3-20(25)24(12-15-4-7-17(22)8-5-15)14(2)21(26)23-11-16-6-9-18-19(10-16)28-13-27-18/h4-10,14H,3,11-13H2,1-2H3,(H,23,26)/t14-/m0/s1. The number of hydrogen-bond acceptors (Lipinski definition) is 4. The van der Waals surface area contributed by atoms with Gasteiger partial charge in [-0.2, -0.15) is 0 Å². The number of halogens is 1. The molecule has 2 aromatic carbocycles. The van der Waals surface area contributed by atoms with Crippen LogP contribution in [0.4, 0.5) is 4.39 Å². The zero-order chi connectivity index (χ0) is 20.1. The third-order valence-electron chi connectivity index (χ3n) is 4.64. The van der Waals surface area contributed by atoms with E-state index in [2.05, 4.69) is 5.32 Å². The van der Waals surface area contributed by atoms with Gasteiger partial charge in [-0.05, 0) is 42.3 Å². The maximum absolute atomic E-state index is 13.1. The first-order valence-electron chi connectivity index (χ1n) is 9.18. The molecule has 0 radical (unpaired) electrons. The molecule has 0 fully saturated rings. The van der Waals surface area contributed by atoms with Crippen molar-refractivity contribution >= 4 is 11.8 Å². The van der Waals surface area contributed by atoms with Crippen LogP contribution in [0.5, 0.6) is 11.5 Å². The SMILES string of the molecule is CCC(=O)N(Cc1ccc(F)cc1)[C@@H](C)C(=O)NCc1ccc2c(c1)OCO2. The number of fused-ring (bicyclic) bond motifs is 1. The molecule has 1 heterocycles. The largest absolute Gasteiger partial charge is 0.454 e. The highest BCUT2D eigenvalue weighted by molar-refractivity contribution is 5.87. The summed E-state index contributed by atoms with van der Waals surface area (Å²) in [6.07, 6.45) is 0.279. The van der Waals surface area contributed by atoms with Gasteiger partial charge in [0.2, 0.25) is 18.6 Å². The van der Waals surface area contributed by atoms with E-state index in [0.29, 0.717) is 18.0 Å². The number of amides is 2. The lowest BCUT2D eigenvalue weighted by Gasteiger charge is -2.28. The molecule has 1 aliphatic heterocycles. The van der Waals surface area contributed by atoms with Crippen molar-refractivity contribution in [3.8, 4) is 11.5 Å². The number of carbonyl (C=O) groups excluding carboxylic acids is 2. The average molecular weight is 386 g/mol. The smallest absolute Gasteiger partial charge is 0.242 e. The van der Waals surface area contributed by atoms with Crippen LogP contribution >= 0.6 is 0 Å². The van der Waals surface area contributed by atoms with Crippen molar-refractivity contribution < 1.29 is 23.5 Å². The first-order valence-corrected chi connectivity index (χ1v) is 9.18. The van der Waals surface area contributed by atoms with E-state index in [1.165, 1.54) is 17.0 Å². The number of benzene rings is 2. The molecule has 0 spiro atoms. The molecule has 0 aliphatic carbocycles. The maximum Gasteiger partial charge on any atom is 0.242 e. The highest BCUT2D eigenvalue weighted by Gasteiger charge is 2.25. The monoisotopic (exact) mass is 386 g/mol. The molecule has 1 aliphatic rings. The molecule has 0 bridgehead atoms. The van der Waals surface area contributed by atoms with Gasteiger partial charge in [0.05, 0.1) is 0 Å². The minimum Gasteiger partial charge on any atom is -0.454 e. The van der Waals surface area contributed by atoms with Crippen LogP contribution in [0.1, 0.15) is 31.4 Å². The van der Waals surface area contributed by atoms with Gasteiger partial charge in [0.15, 0.2) is 11.5 Å². The van der Waals surface area contributed by atoms with Crippen LogP contribution in [0.25, 0.3) is 0 Å². The van der Waals surface area contributed by atoms with E-state index in [9.17, 15) is 14.0 Å². The summed E-state index contributed by atoms with van der Waals surface area (Å²) in [5.41, 5.74) is 1.63. The second-order valence-electron chi connectivity index (χ2n) is 6.58. The third kappa shape index (κ3) is 4.60. The van der Waals surface area contributed by atoms with Crippen LogP contribution in [0, 0.1) is 5.82 Å². The van der Waals surface area contributed by atoms with E-state index in [0.717, 1.165) is 11.1 Å². The quantitative estimate of drug-likeness (QED) is 0.794. The van der Waals surface area contributed by atoms with Crippen LogP contribution in [0.15, 0.2) is 42.5 Å². The van der Waals surface area contributed by atoms with E-state index in [4.69, 9.17) is 9.47 Å². The zero-order valence-electron chi connectivity index (χ0n) is 15.9. The lowest BCUT2D eigenvalue weighted by atomic mass is 10.1. The fourth-order valence-corrected chi connectivity index (χ4v) is 2.96. The minimum absolute atomic E-state index is 0.143. The molecule has 2 aromatic rings. The Balaban J connectivity index is 1.64. The van der Waals surface area contributed by atoms with E-state index < -0.39 is 6.04 Å². The van der Waals surface area contributed by atoms with Gasteiger partial charge in [0.25, 0.3) is 0 Å². The summed E-state index contributed by atoms with van der Waals surface area (Å²) in [6.45, 7) is 4.18. The molecule has 2 amide bonds. The van der Waals surface area contributed by atoms with E-state index >= 15 is 0 Å². The van der Waals surface area contributed by atoms with Crippen molar-refractivity contribution in [3.63, 3.8) is 0 Å². The Hall–Kier alpha value is -3.09. The van der Waals surface area contributed by atoms with E-state index in [1.54, 1.807) is 32.0 Å². The second kappa shape index (κ2) is 8.73. The second-order valence-corrected chi connectivity index (χ2v) is 6.58. The molecule has 148 valence electrons. The lowest BCUT2D eigenvalue weighted by Crippen LogP contribution is -2.47. The van der Waals surface area contributed by atoms with Crippen molar-refractivity contribution in [2.45, 2.75) is 39.4 Å². The molecule has 7 heteroatoms. The summed E-state index contributed by atoms with van der Waals surface area (Å²) in [5, 5.41) is 2.86. The molecule has 1 N–H and O–H groups in total. The van der Waals surface area contributed by atoms with Crippen LogP contribution < -0.4 is 14.8 Å². The van der Waals surface area contributed by atoms with Crippen LogP contribution in [-0.2, 0) is 22.7 Å². The molecule has 0 saturated heterocycles. The maximum atomic E-state index is 13.1. The van der Waals surface area contributed by atoms with E-state index in [-0.39, 0.29) is 37.4 Å². The van der Waals surface area contributed by atoms with Crippen LogP contribution in [-0.4, -0.2) is 29.5 Å². The van der Waals surface area contributed by atoms with Crippen molar-refractivity contribution in [1.29, 1.82) is 0 Å². The number of nitrogens with zero attached hydrogens (tertiary/aromatic N) is 1. The first-order chi connectivity index (χ1) is 13.5. The molecular formula is C21H23FN2O4. The summed E-state index contributed by atoms with van der Waals surface area (Å²) in [5.74, 6) is 0.588. The van der Waals surface area contributed by atoms with Gasteiger partial charge >= 0.3 is 0 Å². The number of ether oxygens (including phenoxy) is 2. The Morgan fingerprint density at radius 1 is 1.11 bits per heavy atom. The Labute approximate surface area is 163 Å². The predicted octanol–water partition coefficient (Wildman–Crippen LogP) is 3.00. The normalized spacial score (nSPS) is 13.1. The van der Waals surface area contributed by atoms with Crippen LogP contribution in [0.3, 0.4) is 0 Å². The van der Waals surface area contributed by atoms with Crippen molar-refractivity contribution in [2.24, 2.45) is 0 Å². The average Bonchev–Trinajstić information content (AvgIpc) is 3.18. The number of rotatable bonds is 7. The van der Waals surface area contributed by atoms with Gasteiger partial charge in [-0.25, -0.2) is 4.39 Å². The fraction of sp³-hybridized carbons (Fsp3) is 0.333. The van der Waals surface area contributed by atoms with Crippen molar-refractivity contribution in [2.75, 3.05) is 6.79 Å². The minimum atomic E-state index is -0.661. The topological polar surface area (TPSA) is 67.9 Å². The van der Waals surface area contributed by atoms with Gasteiger partial charge in [-0.15, -0.1) is 0 Å². The third-order valence-corrected chi connectivity index (χ3v) is 4.64. The van der Waals surface area contributed by atoms with Gasteiger partial charge < -0.3 is 19.7 Å². The molecule has 0 unspecified atom stereocenters. The molecule has 0 aromatic heterocycles. The number of nitrogens with one attached hydrogen (secondary N) is 1. The van der Waals surface area contributed by atoms with Crippen molar-refractivity contribution in [3.05, 3.63) is 59.4 Å². The zero-order valence-corrected chi connectivity index (χ0v) is 15.9. The molecule has 0 saturated carbocycles. The Morgan fingerprint density at radius 3 is 2.50 bits per heavy atom. The van der Waals surface area contributed by atoms with E-state index in [1.807, 2.05) is 12.1 Å². The molecule has 3 rings (SSSR count). The summed E-state index contributed by atoms with van der Waals surface area (Å²) < 4.78 is 23.7. The highest BCUT2D eigenvalue weighted by Crippen LogP contribution is 2.32. The number of carbonyl (C=O) groups is 2. The number of hydrogen-bond donors (Lipinski definition) is 1. The first kappa shape index (κ1) is 19.7. The van der Waals surface area contributed by atoms with Crippen LogP contribution in [0.2, 0.25) is 0 Å². The summed E-state index contributed by atoms with van der Waals surface area (Å²) in [6, 6.07) is 10.7. The Kier molecular flexibility index (Phi) is 6.13. The highest BCUT2D eigenvalue weighted by atomic mass is 19.1. The lowest BCUT2D eigenvalue weighted by molar-refractivity contribution is -0.140. The molecule has 1 atom stereocenters. The Bertz CT molecular complexity index is 854. The summed E-state index contributed by atoms with van der Waals surface area (Å²) >= 11 is 0. The molecule has 28 heavy (non-hydrogen) atoms. The summed E-state index contributed by atoms with van der Waals surface area (Å²) in [7, 11) is 0. The molecular weight excluding hydrogens is 363 g/mol. The molecule has 6 nitrogen and oxygen atoms in total. The van der Waals surface area contributed by atoms with Crippen molar-refractivity contribution in [1.82, 2.24) is 10.2 Å².